The lowest BCUT2D eigenvalue weighted by molar-refractivity contribution is 0.222. The van der Waals surface area contributed by atoms with Gasteiger partial charge in [0.15, 0.2) is 0 Å². The molecule has 1 aliphatic carbocycles. The van der Waals surface area contributed by atoms with E-state index >= 15 is 0 Å². The molecule has 2 rings (SSSR count). The molecule has 2 unspecified atom stereocenters. The van der Waals surface area contributed by atoms with Crippen LogP contribution in [0.3, 0.4) is 0 Å². The van der Waals surface area contributed by atoms with Crippen LogP contribution in [-0.2, 0) is 10.0 Å². The van der Waals surface area contributed by atoms with E-state index in [9.17, 15) is 13.5 Å². The fourth-order valence-electron chi connectivity index (χ4n) is 2.64. The molecule has 0 heterocycles. The number of benzene rings is 1. The Morgan fingerprint density at radius 3 is 2.80 bits per heavy atom. The number of hydrogen-bond donors (Lipinski definition) is 4. The first-order valence-electron chi connectivity index (χ1n) is 6.68. The van der Waals surface area contributed by atoms with Crippen LogP contribution in [0.1, 0.15) is 19.3 Å². The Balaban J connectivity index is 2.32. The van der Waals surface area contributed by atoms with Gasteiger partial charge in [-0.1, -0.05) is 6.42 Å². The Morgan fingerprint density at radius 1 is 1.40 bits per heavy atom. The molecule has 0 saturated heterocycles. The molecule has 0 aromatic heterocycles. The second kappa shape index (κ2) is 5.99. The number of aliphatic hydroxyl groups excluding tert-OH is 1. The van der Waals surface area contributed by atoms with E-state index in [0.717, 1.165) is 19.3 Å². The van der Waals surface area contributed by atoms with Gasteiger partial charge in [0.25, 0.3) is 0 Å². The summed E-state index contributed by atoms with van der Waals surface area (Å²) in [7, 11) is -2.20. The molecule has 112 valence electrons. The number of aliphatic hydroxyl groups is 1. The van der Waals surface area contributed by atoms with E-state index in [-0.39, 0.29) is 23.5 Å². The fraction of sp³-hybridized carbons (Fsp3) is 0.538. The van der Waals surface area contributed by atoms with Crippen molar-refractivity contribution in [3.05, 3.63) is 18.2 Å². The predicted molar refractivity (Wildman–Crippen MR) is 78.9 cm³/mol. The quantitative estimate of drug-likeness (QED) is 0.601. The van der Waals surface area contributed by atoms with Gasteiger partial charge in [0, 0.05) is 24.3 Å². The monoisotopic (exact) mass is 299 g/mol. The number of nitrogens with one attached hydrogen (secondary N) is 2. The number of hydrogen-bond acceptors (Lipinski definition) is 5. The van der Waals surface area contributed by atoms with Crippen molar-refractivity contribution in [2.75, 3.05) is 24.7 Å². The fourth-order valence-corrected chi connectivity index (χ4v) is 3.56. The van der Waals surface area contributed by atoms with E-state index in [1.165, 1.54) is 13.1 Å². The van der Waals surface area contributed by atoms with Crippen molar-refractivity contribution in [2.24, 2.45) is 5.92 Å². The average molecular weight is 299 g/mol. The first kappa shape index (κ1) is 15.1. The molecular weight excluding hydrogens is 278 g/mol. The van der Waals surface area contributed by atoms with E-state index < -0.39 is 10.0 Å². The van der Waals surface area contributed by atoms with Gasteiger partial charge < -0.3 is 16.2 Å². The second-order valence-corrected chi connectivity index (χ2v) is 6.94. The molecule has 0 radical (unpaired) electrons. The highest BCUT2D eigenvalue weighted by atomic mass is 32.2. The second-order valence-electron chi connectivity index (χ2n) is 5.09. The summed E-state index contributed by atoms with van der Waals surface area (Å²) in [6.07, 6.45) is 2.91. The van der Waals surface area contributed by atoms with Crippen LogP contribution in [0.2, 0.25) is 0 Å². The van der Waals surface area contributed by atoms with Crippen LogP contribution >= 0.6 is 0 Å². The van der Waals surface area contributed by atoms with Gasteiger partial charge in [-0.15, -0.1) is 0 Å². The minimum absolute atomic E-state index is 0.0921. The normalized spacial score (nSPS) is 22.9. The lowest BCUT2D eigenvalue weighted by atomic mass is 10.0. The van der Waals surface area contributed by atoms with Gasteiger partial charge in [0.2, 0.25) is 10.0 Å². The van der Waals surface area contributed by atoms with E-state index in [2.05, 4.69) is 10.0 Å². The van der Waals surface area contributed by atoms with Crippen LogP contribution in [0.5, 0.6) is 0 Å². The Hall–Kier alpha value is -1.31. The van der Waals surface area contributed by atoms with Crippen LogP contribution < -0.4 is 15.8 Å². The van der Waals surface area contributed by atoms with Crippen molar-refractivity contribution in [1.82, 2.24) is 4.72 Å². The molecule has 7 heteroatoms. The van der Waals surface area contributed by atoms with Gasteiger partial charge in [-0.3, -0.25) is 0 Å². The number of sulfonamides is 1. The Labute approximate surface area is 119 Å². The zero-order valence-corrected chi connectivity index (χ0v) is 12.3. The van der Waals surface area contributed by atoms with Gasteiger partial charge in [-0.2, -0.15) is 0 Å². The van der Waals surface area contributed by atoms with Gasteiger partial charge >= 0.3 is 0 Å². The Bertz CT molecular complexity index is 574. The summed E-state index contributed by atoms with van der Waals surface area (Å²) < 4.78 is 26.4. The highest BCUT2D eigenvalue weighted by Gasteiger charge is 2.28. The summed E-state index contributed by atoms with van der Waals surface area (Å²) in [4.78, 5) is 0.142. The summed E-state index contributed by atoms with van der Waals surface area (Å²) in [5.41, 5.74) is 6.60. The molecule has 1 aromatic carbocycles. The van der Waals surface area contributed by atoms with Gasteiger partial charge in [-0.05, 0) is 38.1 Å². The van der Waals surface area contributed by atoms with Crippen LogP contribution in [0.25, 0.3) is 0 Å². The zero-order chi connectivity index (χ0) is 14.8. The lowest BCUT2D eigenvalue weighted by Crippen LogP contribution is -2.28. The predicted octanol–water partition coefficient (Wildman–Crippen LogP) is 0.750. The molecule has 1 saturated carbocycles. The zero-order valence-electron chi connectivity index (χ0n) is 11.5. The molecule has 0 amide bonds. The van der Waals surface area contributed by atoms with Crippen molar-refractivity contribution in [1.29, 1.82) is 0 Å². The number of anilines is 2. The summed E-state index contributed by atoms with van der Waals surface area (Å²) in [6, 6.07) is 4.87. The molecule has 0 aliphatic heterocycles. The van der Waals surface area contributed by atoms with E-state index in [4.69, 9.17) is 5.73 Å². The maximum atomic E-state index is 12.0. The van der Waals surface area contributed by atoms with Crippen molar-refractivity contribution in [3.8, 4) is 0 Å². The first-order valence-corrected chi connectivity index (χ1v) is 8.16. The molecule has 5 N–H and O–H groups in total. The summed E-state index contributed by atoms with van der Waals surface area (Å²) in [5, 5.41) is 12.6. The molecule has 6 nitrogen and oxygen atoms in total. The maximum absolute atomic E-state index is 12.0. The van der Waals surface area contributed by atoms with Crippen molar-refractivity contribution < 1.29 is 13.5 Å². The van der Waals surface area contributed by atoms with E-state index in [1.54, 1.807) is 12.1 Å². The SMILES string of the molecule is CNS(=O)(=O)c1cc(N)ccc1NC1CCCC1CO. The lowest BCUT2D eigenvalue weighted by Gasteiger charge is -2.22. The summed E-state index contributed by atoms with van der Waals surface area (Å²) in [6.45, 7) is 0.112. The van der Waals surface area contributed by atoms with Gasteiger partial charge in [-0.25, -0.2) is 13.1 Å². The van der Waals surface area contributed by atoms with Crippen molar-refractivity contribution in [3.63, 3.8) is 0 Å². The summed E-state index contributed by atoms with van der Waals surface area (Å²) >= 11 is 0. The molecule has 1 aromatic rings. The number of nitrogen functional groups attached to an aromatic ring is 1. The molecule has 0 spiro atoms. The minimum atomic E-state index is -3.57. The van der Waals surface area contributed by atoms with Crippen molar-refractivity contribution >= 4 is 21.4 Å². The van der Waals surface area contributed by atoms with E-state index in [0.29, 0.717) is 11.4 Å². The van der Waals surface area contributed by atoms with Crippen LogP contribution in [0.4, 0.5) is 11.4 Å². The summed E-state index contributed by atoms with van der Waals surface area (Å²) in [5.74, 6) is 0.165. The topological polar surface area (TPSA) is 104 Å². The van der Waals surface area contributed by atoms with Crippen LogP contribution in [0, 0.1) is 5.92 Å². The highest BCUT2D eigenvalue weighted by Crippen LogP contribution is 2.31. The largest absolute Gasteiger partial charge is 0.399 e. The van der Waals surface area contributed by atoms with Gasteiger partial charge in [0.1, 0.15) is 4.90 Å². The molecule has 20 heavy (non-hydrogen) atoms. The van der Waals surface area contributed by atoms with E-state index in [1.807, 2.05) is 0 Å². The standard InChI is InChI=1S/C13H21N3O3S/c1-15-20(18,19)13-7-10(14)5-6-12(13)16-11-4-2-3-9(11)8-17/h5-7,9,11,15-17H,2-4,8,14H2,1H3. The number of nitrogens with two attached hydrogens (primary N) is 1. The first-order chi connectivity index (χ1) is 9.47. The third kappa shape index (κ3) is 3.05. The van der Waals surface area contributed by atoms with Crippen molar-refractivity contribution in [2.45, 2.75) is 30.2 Å². The molecule has 1 aliphatic rings. The highest BCUT2D eigenvalue weighted by molar-refractivity contribution is 7.89. The van der Waals surface area contributed by atoms with Crippen LogP contribution in [-0.4, -0.2) is 33.2 Å². The van der Waals surface area contributed by atoms with Crippen LogP contribution in [0.15, 0.2) is 23.1 Å². The Morgan fingerprint density at radius 2 is 2.15 bits per heavy atom. The minimum Gasteiger partial charge on any atom is -0.399 e. The third-order valence-corrected chi connectivity index (χ3v) is 5.25. The smallest absolute Gasteiger partial charge is 0.242 e. The third-order valence-electron chi connectivity index (χ3n) is 3.80. The van der Waals surface area contributed by atoms with Gasteiger partial charge in [0.05, 0.1) is 5.69 Å². The molecule has 0 bridgehead atoms. The average Bonchev–Trinajstić information content (AvgIpc) is 2.88. The maximum Gasteiger partial charge on any atom is 0.242 e. The number of rotatable bonds is 5. The molecule has 2 atom stereocenters. The molecular formula is C13H21N3O3S. The Kier molecular flexibility index (Phi) is 4.52. The molecule has 1 fully saturated rings.